The van der Waals surface area contributed by atoms with Crippen LogP contribution in [0.3, 0.4) is 0 Å². The first-order chi connectivity index (χ1) is 14.1. The molecule has 2 fully saturated rings. The standard InChI is InChI=1S/C18H20N4O7S/c1-17(2)18(16(26)27,20-6-23)22-14(25)12(15(22)30-17)21-13(24)11(19)8-3-4-9-10(5-8)29-7-28-9/h3-6,11-12,15H,7,19H2,1-2H3,(H,20,23)(H,21,24)(H,26,27)/t11?,12-,15+,18-/m0/s1. The molecule has 11 nitrogen and oxygen atoms in total. The Morgan fingerprint density at radius 1 is 1.37 bits per heavy atom. The van der Waals surface area contributed by atoms with Gasteiger partial charge in [-0.1, -0.05) is 6.07 Å². The molecule has 1 aromatic carbocycles. The van der Waals surface area contributed by atoms with Gasteiger partial charge in [-0.25, -0.2) is 4.79 Å². The van der Waals surface area contributed by atoms with E-state index in [9.17, 15) is 24.3 Å². The second kappa shape index (κ2) is 6.77. The molecule has 160 valence electrons. The van der Waals surface area contributed by atoms with E-state index in [1.54, 1.807) is 32.0 Å². The fraction of sp³-hybridized carbons (Fsp3) is 0.444. The Balaban J connectivity index is 1.52. The van der Waals surface area contributed by atoms with Crippen LogP contribution >= 0.6 is 11.8 Å². The third kappa shape index (κ3) is 2.63. The van der Waals surface area contributed by atoms with Crippen molar-refractivity contribution in [3.05, 3.63) is 23.8 Å². The number of β-lactam (4-membered cyclic amide) rings is 1. The van der Waals surface area contributed by atoms with E-state index in [-0.39, 0.29) is 13.2 Å². The van der Waals surface area contributed by atoms with Gasteiger partial charge in [-0.3, -0.25) is 19.3 Å². The number of thioether (sulfide) groups is 1. The maximum Gasteiger partial charge on any atom is 0.352 e. The average molecular weight is 436 g/mol. The number of carboxylic acids is 1. The Morgan fingerprint density at radius 3 is 2.73 bits per heavy atom. The first kappa shape index (κ1) is 20.3. The van der Waals surface area contributed by atoms with Crippen molar-refractivity contribution in [2.24, 2.45) is 5.73 Å². The lowest BCUT2D eigenvalue weighted by molar-refractivity contribution is -0.175. The number of nitrogens with two attached hydrogens (primary N) is 1. The lowest BCUT2D eigenvalue weighted by Crippen LogP contribution is -2.79. The van der Waals surface area contributed by atoms with Crippen LogP contribution in [-0.4, -0.2) is 62.8 Å². The quantitative estimate of drug-likeness (QED) is 0.328. The summed E-state index contributed by atoms with van der Waals surface area (Å²) in [4.78, 5) is 49.7. The monoisotopic (exact) mass is 436 g/mol. The van der Waals surface area contributed by atoms with Crippen LogP contribution in [0.1, 0.15) is 25.5 Å². The maximum atomic E-state index is 12.8. The molecule has 1 aromatic rings. The van der Waals surface area contributed by atoms with E-state index in [4.69, 9.17) is 15.2 Å². The number of amides is 3. The van der Waals surface area contributed by atoms with Crippen LogP contribution in [0.25, 0.3) is 0 Å². The van der Waals surface area contributed by atoms with Crippen molar-refractivity contribution >= 4 is 36.0 Å². The van der Waals surface area contributed by atoms with E-state index in [1.807, 2.05) is 0 Å². The van der Waals surface area contributed by atoms with E-state index in [1.165, 1.54) is 11.8 Å². The van der Waals surface area contributed by atoms with Crippen LogP contribution in [0.4, 0.5) is 0 Å². The molecule has 0 spiro atoms. The second-order valence-electron chi connectivity index (χ2n) is 7.58. The molecule has 4 atom stereocenters. The minimum atomic E-state index is -1.91. The van der Waals surface area contributed by atoms with E-state index in [2.05, 4.69) is 10.6 Å². The van der Waals surface area contributed by atoms with Gasteiger partial charge >= 0.3 is 5.97 Å². The highest BCUT2D eigenvalue weighted by Gasteiger charge is 2.73. The molecular formula is C18H20N4O7S. The number of nitrogens with zero attached hydrogens (tertiary/aromatic N) is 1. The van der Waals surface area contributed by atoms with E-state index >= 15 is 0 Å². The molecule has 3 amide bonds. The third-order valence-electron chi connectivity index (χ3n) is 5.60. The summed E-state index contributed by atoms with van der Waals surface area (Å²) in [6, 6.07) is 2.83. The summed E-state index contributed by atoms with van der Waals surface area (Å²) in [5.41, 5.74) is 4.61. The molecule has 3 aliphatic heterocycles. The number of aliphatic carboxylic acids is 1. The molecule has 0 aliphatic carbocycles. The molecule has 0 aromatic heterocycles. The van der Waals surface area contributed by atoms with Gasteiger partial charge in [0.15, 0.2) is 11.5 Å². The summed E-state index contributed by atoms with van der Waals surface area (Å²) < 4.78 is 9.47. The Morgan fingerprint density at radius 2 is 2.07 bits per heavy atom. The van der Waals surface area contributed by atoms with Gasteiger partial charge in [0, 0.05) is 0 Å². The van der Waals surface area contributed by atoms with Crippen LogP contribution in [0.15, 0.2) is 18.2 Å². The minimum Gasteiger partial charge on any atom is -0.478 e. The van der Waals surface area contributed by atoms with Gasteiger partial charge in [0.2, 0.25) is 24.8 Å². The fourth-order valence-electron chi connectivity index (χ4n) is 4.00. The summed E-state index contributed by atoms with van der Waals surface area (Å²) in [5.74, 6) is -1.54. The maximum absolute atomic E-state index is 12.8. The smallest absolute Gasteiger partial charge is 0.352 e. The van der Waals surface area contributed by atoms with E-state index in [0.717, 1.165) is 4.90 Å². The van der Waals surface area contributed by atoms with Gasteiger partial charge in [-0.2, -0.15) is 0 Å². The number of carbonyl (C=O) groups is 4. The van der Waals surface area contributed by atoms with Gasteiger partial charge in [0.05, 0.1) is 4.75 Å². The zero-order valence-electron chi connectivity index (χ0n) is 16.1. The highest BCUT2D eigenvalue weighted by atomic mass is 32.2. The van der Waals surface area contributed by atoms with Gasteiger partial charge in [0.25, 0.3) is 5.91 Å². The topological polar surface area (TPSA) is 160 Å². The fourth-order valence-corrected chi connectivity index (χ4v) is 5.71. The number of rotatable bonds is 6. The molecule has 1 unspecified atom stereocenters. The Kier molecular flexibility index (Phi) is 4.58. The Bertz CT molecular complexity index is 954. The molecule has 5 N–H and O–H groups in total. The lowest BCUT2D eigenvalue weighted by atomic mass is 9.88. The van der Waals surface area contributed by atoms with Crippen LogP contribution in [-0.2, 0) is 19.2 Å². The first-order valence-electron chi connectivity index (χ1n) is 9.05. The van der Waals surface area contributed by atoms with E-state index in [0.29, 0.717) is 17.1 Å². The van der Waals surface area contributed by atoms with Gasteiger partial charge in [-0.05, 0) is 31.5 Å². The van der Waals surface area contributed by atoms with Crippen molar-refractivity contribution in [2.75, 3.05) is 6.79 Å². The molecule has 12 heteroatoms. The molecule has 2 saturated heterocycles. The zero-order chi connectivity index (χ0) is 21.8. The van der Waals surface area contributed by atoms with Crippen LogP contribution in [0, 0.1) is 0 Å². The second-order valence-corrected chi connectivity index (χ2v) is 9.32. The number of benzene rings is 1. The predicted octanol–water partition coefficient (Wildman–Crippen LogP) is -0.879. The lowest BCUT2D eigenvalue weighted by Gasteiger charge is -2.49. The van der Waals surface area contributed by atoms with Gasteiger partial charge in [-0.15, -0.1) is 11.8 Å². The number of nitrogens with one attached hydrogen (secondary N) is 2. The molecule has 3 heterocycles. The third-order valence-corrected chi connectivity index (χ3v) is 7.21. The molecular weight excluding hydrogens is 416 g/mol. The molecule has 4 rings (SSSR count). The molecule has 30 heavy (non-hydrogen) atoms. The highest BCUT2D eigenvalue weighted by Crippen LogP contribution is 2.55. The summed E-state index contributed by atoms with van der Waals surface area (Å²) >= 11 is 1.18. The first-order valence-corrected chi connectivity index (χ1v) is 9.93. The number of fused-ring (bicyclic) bond motifs is 2. The van der Waals surface area contributed by atoms with Crippen molar-refractivity contribution in [1.29, 1.82) is 0 Å². The van der Waals surface area contributed by atoms with E-state index < -0.39 is 45.7 Å². The van der Waals surface area contributed by atoms with Crippen molar-refractivity contribution < 1.29 is 33.8 Å². The summed E-state index contributed by atoms with van der Waals surface area (Å²) in [6.07, 6.45) is 0.257. The number of ether oxygens (including phenoxy) is 2. The number of carboxylic acid groups (broad SMARTS) is 1. The SMILES string of the molecule is CC1(C)S[C@@H]2[C@@H](NC(=O)C(N)c3ccc4c(c3)OCO4)C(=O)N2[C@@]1(NC=O)C(=O)O. The largest absolute Gasteiger partial charge is 0.478 e. The van der Waals surface area contributed by atoms with Crippen molar-refractivity contribution in [3.63, 3.8) is 0 Å². The van der Waals surface area contributed by atoms with Gasteiger partial charge in [0.1, 0.15) is 17.5 Å². The van der Waals surface area contributed by atoms with Crippen LogP contribution < -0.4 is 25.8 Å². The van der Waals surface area contributed by atoms with Crippen molar-refractivity contribution in [1.82, 2.24) is 15.5 Å². The number of carbonyl (C=O) groups excluding carboxylic acids is 3. The normalized spacial score (nSPS) is 28.9. The molecule has 0 saturated carbocycles. The van der Waals surface area contributed by atoms with Crippen LogP contribution in [0.2, 0.25) is 0 Å². The summed E-state index contributed by atoms with van der Waals surface area (Å²) in [5, 5.41) is 14.0. The Hall–Kier alpha value is -2.99. The van der Waals surface area contributed by atoms with Crippen molar-refractivity contribution in [3.8, 4) is 11.5 Å². The highest BCUT2D eigenvalue weighted by molar-refractivity contribution is 8.01. The average Bonchev–Trinajstić information content (AvgIpc) is 3.24. The predicted molar refractivity (Wildman–Crippen MR) is 103 cm³/mol. The summed E-state index contributed by atoms with van der Waals surface area (Å²) in [6.45, 7) is 3.32. The summed E-state index contributed by atoms with van der Waals surface area (Å²) in [7, 11) is 0. The van der Waals surface area contributed by atoms with Gasteiger partial charge < -0.3 is 30.9 Å². The molecule has 0 radical (unpaired) electrons. The number of hydrogen-bond acceptors (Lipinski definition) is 8. The Labute approximate surface area is 175 Å². The molecule has 0 bridgehead atoms. The van der Waals surface area contributed by atoms with Crippen LogP contribution in [0.5, 0.6) is 11.5 Å². The minimum absolute atomic E-state index is 0.0848. The molecule has 3 aliphatic rings. The zero-order valence-corrected chi connectivity index (χ0v) is 16.9. The van der Waals surface area contributed by atoms with Crippen molar-refractivity contribution in [2.45, 2.75) is 41.7 Å². The number of hydrogen-bond donors (Lipinski definition) is 4.